The molecule has 1 fully saturated rings. The molecule has 0 radical (unpaired) electrons. The molecule has 2 rings (SSSR count). The van der Waals surface area contributed by atoms with E-state index in [9.17, 15) is 4.39 Å². The average Bonchev–Trinajstić information content (AvgIpc) is 2.42. The lowest BCUT2D eigenvalue weighted by Crippen LogP contribution is -2.50. The van der Waals surface area contributed by atoms with Crippen molar-refractivity contribution in [3.63, 3.8) is 0 Å². The van der Waals surface area contributed by atoms with Gasteiger partial charge in [-0.15, -0.1) is 0 Å². The summed E-state index contributed by atoms with van der Waals surface area (Å²) in [5.74, 6) is -0.329. The van der Waals surface area contributed by atoms with Crippen molar-refractivity contribution >= 4 is 0 Å². The smallest absolute Gasteiger partial charge is 0.127 e. The summed E-state index contributed by atoms with van der Waals surface area (Å²) in [4.78, 5) is 1.93. The van der Waals surface area contributed by atoms with E-state index in [0.717, 1.165) is 6.54 Å². The van der Waals surface area contributed by atoms with E-state index < -0.39 is 0 Å². The summed E-state index contributed by atoms with van der Waals surface area (Å²) in [5.41, 5.74) is 0.909. The largest absolute Gasteiger partial charge is 0.313 e. The van der Waals surface area contributed by atoms with Crippen molar-refractivity contribution in [1.82, 2.24) is 10.2 Å². The zero-order valence-electron chi connectivity index (χ0n) is 9.86. The highest BCUT2D eigenvalue weighted by Gasteiger charge is 2.22. The Kier molecular flexibility index (Phi) is 3.88. The zero-order chi connectivity index (χ0) is 13.0. The third-order valence-electron chi connectivity index (χ3n) is 3.05. The van der Waals surface area contributed by atoms with Crippen LogP contribution in [-0.2, 0) is 6.54 Å². The summed E-state index contributed by atoms with van der Waals surface area (Å²) in [5, 5.41) is 21.0. The van der Waals surface area contributed by atoms with Gasteiger partial charge in [-0.25, -0.2) is 4.39 Å². The molecule has 92 valence electrons. The maximum atomic E-state index is 13.7. The molecule has 1 N–H and O–H groups in total. The van der Waals surface area contributed by atoms with Crippen molar-refractivity contribution in [3.8, 4) is 12.1 Å². The minimum Gasteiger partial charge on any atom is -0.313 e. The Morgan fingerprint density at radius 2 is 2.28 bits per heavy atom. The average molecular weight is 244 g/mol. The first kappa shape index (κ1) is 12.5. The van der Waals surface area contributed by atoms with Gasteiger partial charge in [-0.3, -0.25) is 4.90 Å². The van der Waals surface area contributed by atoms with Gasteiger partial charge in [-0.05, 0) is 18.2 Å². The van der Waals surface area contributed by atoms with E-state index in [4.69, 9.17) is 10.5 Å². The molecule has 1 saturated heterocycles. The molecule has 0 spiro atoms. The second-order valence-corrected chi connectivity index (χ2v) is 4.24. The third-order valence-corrected chi connectivity index (χ3v) is 3.05. The topological polar surface area (TPSA) is 62.9 Å². The molecule has 0 aromatic heterocycles. The lowest BCUT2D eigenvalue weighted by molar-refractivity contribution is 0.187. The second kappa shape index (κ2) is 5.59. The van der Waals surface area contributed by atoms with Gasteiger partial charge >= 0.3 is 0 Å². The summed E-state index contributed by atoms with van der Waals surface area (Å²) < 4.78 is 13.7. The minimum atomic E-state index is -0.329. The van der Waals surface area contributed by atoms with Crippen LogP contribution in [0, 0.1) is 28.5 Å². The zero-order valence-corrected chi connectivity index (χ0v) is 9.86. The highest BCUT2D eigenvalue weighted by molar-refractivity contribution is 5.33. The molecule has 0 aliphatic carbocycles. The Morgan fingerprint density at radius 1 is 1.44 bits per heavy atom. The number of hydrogen-bond acceptors (Lipinski definition) is 4. The number of nitriles is 2. The quantitative estimate of drug-likeness (QED) is 0.842. The van der Waals surface area contributed by atoms with Crippen LogP contribution in [0.25, 0.3) is 0 Å². The number of hydrogen-bond donors (Lipinski definition) is 1. The Labute approximate surface area is 105 Å². The number of nitrogens with one attached hydrogen (secondary N) is 1. The first-order chi connectivity index (χ1) is 8.74. The van der Waals surface area contributed by atoms with Crippen LogP contribution < -0.4 is 5.32 Å². The Morgan fingerprint density at radius 3 is 3.00 bits per heavy atom. The molecule has 1 atom stereocenters. The van der Waals surface area contributed by atoms with E-state index in [1.807, 2.05) is 11.0 Å². The predicted octanol–water partition coefficient (Wildman–Crippen LogP) is 0.995. The molecule has 4 nitrogen and oxygen atoms in total. The van der Waals surface area contributed by atoms with Crippen LogP contribution in [0.3, 0.4) is 0 Å². The van der Waals surface area contributed by atoms with Crippen LogP contribution in [0.4, 0.5) is 4.39 Å². The van der Waals surface area contributed by atoms with E-state index in [2.05, 4.69) is 11.4 Å². The molecule has 0 amide bonds. The summed E-state index contributed by atoms with van der Waals surface area (Å²) in [6.45, 7) is 2.45. The number of halogens is 1. The first-order valence-electron chi connectivity index (χ1n) is 5.77. The fourth-order valence-electron chi connectivity index (χ4n) is 2.05. The first-order valence-corrected chi connectivity index (χ1v) is 5.77. The van der Waals surface area contributed by atoms with Gasteiger partial charge < -0.3 is 5.32 Å². The molecule has 1 aromatic carbocycles. The molecule has 1 aromatic rings. The number of benzene rings is 1. The summed E-state index contributed by atoms with van der Waals surface area (Å²) >= 11 is 0. The van der Waals surface area contributed by atoms with E-state index >= 15 is 0 Å². The van der Waals surface area contributed by atoms with Crippen LogP contribution in [0.2, 0.25) is 0 Å². The lowest BCUT2D eigenvalue weighted by atomic mass is 10.1. The molecule has 18 heavy (non-hydrogen) atoms. The second-order valence-electron chi connectivity index (χ2n) is 4.24. The van der Waals surface area contributed by atoms with Crippen LogP contribution in [0.5, 0.6) is 0 Å². The van der Waals surface area contributed by atoms with Crippen LogP contribution in [-0.4, -0.2) is 30.6 Å². The highest BCUT2D eigenvalue weighted by Crippen LogP contribution is 2.15. The molecular weight excluding hydrogens is 231 g/mol. The number of piperazine rings is 1. The van der Waals surface area contributed by atoms with E-state index in [1.54, 1.807) is 6.07 Å². The van der Waals surface area contributed by atoms with Gasteiger partial charge in [-0.1, -0.05) is 0 Å². The number of rotatable bonds is 2. The normalized spacial score (nSPS) is 20.1. The van der Waals surface area contributed by atoms with Gasteiger partial charge in [0.15, 0.2) is 0 Å². The van der Waals surface area contributed by atoms with Gasteiger partial charge in [-0.2, -0.15) is 10.5 Å². The Bertz CT molecular complexity index is 515. The van der Waals surface area contributed by atoms with Crippen LogP contribution in [0.1, 0.15) is 11.1 Å². The molecule has 1 heterocycles. The molecule has 1 aliphatic rings. The van der Waals surface area contributed by atoms with Gasteiger partial charge in [0, 0.05) is 31.7 Å². The maximum Gasteiger partial charge on any atom is 0.127 e. The van der Waals surface area contributed by atoms with Gasteiger partial charge in [0.1, 0.15) is 11.9 Å². The Hall–Kier alpha value is -1.95. The van der Waals surface area contributed by atoms with Gasteiger partial charge in [0.2, 0.25) is 0 Å². The molecule has 5 heteroatoms. The molecule has 0 saturated carbocycles. The fraction of sp³-hybridized carbons (Fsp3) is 0.385. The molecule has 0 bridgehead atoms. The SMILES string of the molecule is N#Cc1ccc(F)c(CN2CCNCC2C#N)c1. The summed E-state index contributed by atoms with van der Waals surface area (Å²) in [7, 11) is 0. The van der Waals surface area contributed by atoms with Gasteiger partial charge in [0.25, 0.3) is 0 Å². The maximum absolute atomic E-state index is 13.7. The van der Waals surface area contributed by atoms with Crippen LogP contribution >= 0.6 is 0 Å². The van der Waals surface area contributed by atoms with Crippen molar-refractivity contribution in [2.75, 3.05) is 19.6 Å². The fourth-order valence-corrected chi connectivity index (χ4v) is 2.05. The molecule has 1 aliphatic heterocycles. The molecular formula is C13H13FN4. The van der Waals surface area contributed by atoms with Crippen molar-refractivity contribution in [3.05, 3.63) is 35.1 Å². The van der Waals surface area contributed by atoms with E-state index in [1.165, 1.54) is 12.1 Å². The van der Waals surface area contributed by atoms with Gasteiger partial charge in [0.05, 0.1) is 17.7 Å². The predicted molar refractivity (Wildman–Crippen MR) is 63.8 cm³/mol. The Balaban J connectivity index is 2.18. The van der Waals surface area contributed by atoms with E-state index in [-0.39, 0.29) is 11.9 Å². The summed E-state index contributed by atoms with van der Waals surface area (Å²) in [6.07, 6.45) is 0. The highest BCUT2D eigenvalue weighted by atomic mass is 19.1. The van der Waals surface area contributed by atoms with Crippen molar-refractivity contribution in [2.24, 2.45) is 0 Å². The lowest BCUT2D eigenvalue weighted by Gasteiger charge is -2.31. The van der Waals surface area contributed by atoms with Crippen molar-refractivity contribution in [2.45, 2.75) is 12.6 Å². The van der Waals surface area contributed by atoms with Crippen molar-refractivity contribution in [1.29, 1.82) is 10.5 Å². The number of nitrogens with zero attached hydrogens (tertiary/aromatic N) is 3. The van der Waals surface area contributed by atoms with Crippen LogP contribution in [0.15, 0.2) is 18.2 Å². The van der Waals surface area contributed by atoms with E-state index in [0.29, 0.717) is 30.8 Å². The standard InChI is InChI=1S/C13H13FN4/c14-13-2-1-10(6-15)5-11(13)9-18-4-3-17-8-12(18)7-16/h1-2,5,12,17H,3-4,8-9H2. The summed E-state index contributed by atoms with van der Waals surface area (Å²) in [6, 6.07) is 8.25. The minimum absolute atomic E-state index is 0.246. The third kappa shape index (κ3) is 2.65. The van der Waals surface area contributed by atoms with Crippen molar-refractivity contribution < 1.29 is 4.39 Å². The monoisotopic (exact) mass is 244 g/mol. The molecule has 1 unspecified atom stereocenters.